The molecule has 0 unspecified atom stereocenters. The number of aromatic nitrogens is 1. The Morgan fingerprint density at radius 1 is 0.642 bits per heavy atom. The fourth-order valence-corrected chi connectivity index (χ4v) is 8.13. The Morgan fingerprint density at radius 3 is 1.49 bits per heavy atom. The van der Waals surface area contributed by atoms with Gasteiger partial charge in [0.15, 0.2) is 0 Å². The van der Waals surface area contributed by atoms with Crippen molar-refractivity contribution >= 4 is 56.8 Å². The summed E-state index contributed by atoms with van der Waals surface area (Å²) in [6.45, 7) is 7.88. The molecule has 0 spiro atoms. The van der Waals surface area contributed by atoms with Gasteiger partial charge in [0, 0.05) is 41.8 Å². The molecular weight excluding hydrogens is 663 g/mol. The van der Waals surface area contributed by atoms with E-state index in [1.807, 2.05) is 111 Å². The van der Waals surface area contributed by atoms with Gasteiger partial charge in [0.1, 0.15) is 12.1 Å². The van der Waals surface area contributed by atoms with Gasteiger partial charge >= 0.3 is 0 Å². The maximum Gasteiger partial charge on any atom is 0.247 e. The number of nitrogens with one attached hydrogen (secondary N) is 2. The molecule has 2 fully saturated rings. The van der Waals surface area contributed by atoms with Crippen LogP contribution in [-0.4, -0.2) is 63.2 Å². The number of benzene rings is 4. The van der Waals surface area contributed by atoms with Crippen molar-refractivity contribution in [2.24, 2.45) is 0 Å². The van der Waals surface area contributed by atoms with Gasteiger partial charge in [0.25, 0.3) is 0 Å². The van der Waals surface area contributed by atoms with Crippen LogP contribution in [0.3, 0.4) is 0 Å². The lowest BCUT2D eigenvalue weighted by atomic mass is 9.99. The summed E-state index contributed by atoms with van der Waals surface area (Å²) in [5.41, 5.74) is 5.25. The maximum absolute atomic E-state index is 13.7. The highest BCUT2D eigenvalue weighted by molar-refractivity contribution is 6.11. The lowest BCUT2D eigenvalue weighted by molar-refractivity contribution is -0.137. The molecule has 0 bridgehead atoms. The van der Waals surface area contributed by atoms with E-state index in [9.17, 15) is 19.2 Å². The second kappa shape index (κ2) is 15.7. The monoisotopic (exact) mass is 711 g/mol. The highest BCUT2D eigenvalue weighted by Crippen LogP contribution is 2.34. The topological polar surface area (TPSA) is 104 Å². The van der Waals surface area contributed by atoms with Crippen molar-refractivity contribution < 1.29 is 19.2 Å². The van der Waals surface area contributed by atoms with Crippen molar-refractivity contribution in [3.8, 4) is 0 Å². The standard InChI is InChI=1S/C44H49N5O4/c1-4-5-24-47-39-27-33(45-41(50)37-18-12-25-48(37)43(52)29(2)31-14-8-6-9-15-31)20-22-35(39)36-23-21-34(28-40(36)47)46-42(51)38-19-13-26-49(38)44(53)30(3)32-16-10-7-11-17-32/h6-11,14-17,20-23,27-30,37-38H,4-5,12-13,18-19,24-26H2,1-3H3,(H,45,50)(H,46,51)/t29-,30-,37+,38+/m1/s1. The highest BCUT2D eigenvalue weighted by atomic mass is 16.2. The van der Waals surface area contributed by atoms with Gasteiger partial charge in [0.2, 0.25) is 23.6 Å². The van der Waals surface area contributed by atoms with Gasteiger partial charge in [-0.2, -0.15) is 0 Å². The normalized spacial score (nSPS) is 18.3. The van der Waals surface area contributed by atoms with Gasteiger partial charge < -0.3 is 25.0 Å². The van der Waals surface area contributed by atoms with Crippen molar-refractivity contribution in [1.82, 2.24) is 14.4 Å². The van der Waals surface area contributed by atoms with Crippen LogP contribution >= 0.6 is 0 Å². The zero-order valence-electron chi connectivity index (χ0n) is 30.9. The van der Waals surface area contributed by atoms with Crippen molar-refractivity contribution in [1.29, 1.82) is 0 Å². The number of carbonyl (C=O) groups excluding carboxylic acids is 4. The first kappa shape index (κ1) is 35.9. The summed E-state index contributed by atoms with van der Waals surface area (Å²) in [6.07, 6.45) is 4.81. The van der Waals surface area contributed by atoms with Crippen LogP contribution in [0.25, 0.3) is 21.8 Å². The Bertz CT molecular complexity index is 1980. The summed E-state index contributed by atoms with van der Waals surface area (Å²) in [5.74, 6) is -1.05. The second-order valence-corrected chi connectivity index (χ2v) is 14.6. The lowest BCUT2D eigenvalue weighted by Gasteiger charge is -2.27. The van der Waals surface area contributed by atoms with E-state index in [2.05, 4.69) is 22.1 Å². The SMILES string of the molecule is CCCCn1c2cc(NC(=O)[C@@H]3CCCN3C(=O)[C@H](C)c3ccccc3)ccc2c2ccc(NC(=O)[C@@H]3CCCN3C(=O)[C@H](C)c3ccccc3)cc21. The van der Waals surface area contributed by atoms with Crippen molar-refractivity contribution in [2.75, 3.05) is 23.7 Å². The number of nitrogens with zero attached hydrogens (tertiary/aromatic N) is 3. The van der Waals surface area contributed by atoms with E-state index in [0.29, 0.717) is 37.3 Å². The largest absolute Gasteiger partial charge is 0.340 e. The number of fused-ring (bicyclic) bond motifs is 3. The molecule has 4 atom stereocenters. The number of amides is 4. The molecule has 53 heavy (non-hydrogen) atoms. The number of hydrogen-bond acceptors (Lipinski definition) is 4. The number of aryl methyl sites for hydroxylation is 1. The van der Waals surface area contributed by atoms with Crippen LogP contribution < -0.4 is 10.6 Å². The first-order valence-electron chi connectivity index (χ1n) is 19.1. The lowest BCUT2D eigenvalue weighted by Crippen LogP contribution is -2.44. The summed E-state index contributed by atoms with van der Waals surface area (Å²) in [5, 5.41) is 8.38. The average Bonchev–Trinajstić information content (AvgIpc) is 3.95. The second-order valence-electron chi connectivity index (χ2n) is 14.6. The molecule has 4 aromatic carbocycles. The van der Waals surface area contributed by atoms with Crippen LogP contribution in [0, 0.1) is 0 Å². The molecule has 0 saturated carbocycles. The molecule has 0 aliphatic carbocycles. The summed E-state index contributed by atoms with van der Waals surface area (Å²) in [7, 11) is 0. The first-order chi connectivity index (χ1) is 25.7. The van der Waals surface area contributed by atoms with E-state index in [-0.39, 0.29) is 35.5 Å². The third-order valence-electron chi connectivity index (χ3n) is 11.2. The molecule has 4 amide bonds. The Balaban J connectivity index is 1.10. The fourth-order valence-electron chi connectivity index (χ4n) is 8.13. The quantitative estimate of drug-likeness (QED) is 0.145. The maximum atomic E-state index is 13.7. The molecule has 1 aromatic heterocycles. The van der Waals surface area contributed by atoms with E-state index in [1.54, 1.807) is 9.80 Å². The number of likely N-dealkylation sites (tertiary alicyclic amines) is 2. The van der Waals surface area contributed by atoms with E-state index >= 15 is 0 Å². The van der Waals surface area contributed by atoms with Gasteiger partial charge in [-0.25, -0.2) is 0 Å². The summed E-state index contributed by atoms with van der Waals surface area (Å²) in [4.78, 5) is 58.0. The molecule has 0 radical (unpaired) electrons. The number of carbonyl (C=O) groups is 4. The van der Waals surface area contributed by atoms with Crippen LogP contribution in [0.5, 0.6) is 0 Å². The van der Waals surface area contributed by atoms with E-state index in [0.717, 1.165) is 65.2 Å². The molecule has 7 rings (SSSR count). The van der Waals surface area contributed by atoms with Crippen LogP contribution in [0.15, 0.2) is 97.1 Å². The van der Waals surface area contributed by atoms with Crippen molar-refractivity contribution in [3.05, 3.63) is 108 Å². The highest BCUT2D eigenvalue weighted by Gasteiger charge is 2.37. The molecule has 2 N–H and O–H groups in total. The molecule has 2 saturated heterocycles. The molecule has 9 nitrogen and oxygen atoms in total. The third kappa shape index (κ3) is 7.30. The van der Waals surface area contributed by atoms with Gasteiger partial charge in [-0.1, -0.05) is 86.1 Å². The van der Waals surface area contributed by atoms with E-state index in [1.165, 1.54) is 0 Å². The zero-order chi connectivity index (χ0) is 37.1. The molecule has 2 aliphatic heterocycles. The zero-order valence-corrected chi connectivity index (χ0v) is 30.9. The molecule has 3 heterocycles. The predicted molar refractivity (Wildman–Crippen MR) is 211 cm³/mol. The van der Waals surface area contributed by atoms with Crippen LogP contribution in [-0.2, 0) is 25.7 Å². The molecule has 274 valence electrons. The minimum absolute atomic E-state index is 0.0270. The molecule has 5 aromatic rings. The number of rotatable bonds is 11. The van der Waals surface area contributed by atoms with Crippen LogP contribution in [0.1, 0.15) is 82.3 Å². The van der Waals surface area contributed by atoms with Gasteiger partial charge in [-0.15, -0.1) is 0 Å². The molecule has 9 heteroatoms. The van der Waals surface area contributed by atoms with Gasteiger partial charge in [-0.05, 0) is 81.3 Å². The fraction of sp³-hybridized carbons (Fsp3) is 0.364. The summed E-state index contributed by atoms with van der Waals surface area (Å²) >= 11 is 0. The van der Waals surface area contributed by atoms with Gasteiger partial charge in [0.05, 0.1) is 22.9 Å². The third-order valence-corrected chi connectivity index (χ3v) is 11.2. The van der Waals surface area contributed by atoms with Crippen LogP contribution in [0.2, 0.25) is 0 Å². The Kier molecular flexibility index (Phi) is 10.6. The number of anilines is 2. The van der Waals surface area contributed by atoms with Gasteiger partial charge in [-0.3, -0.25) is 19.2 Å². The smallest absolute Gasteiger partial charge is 0.247 e. The summed E-state index contributed by atoms with van der Waals surface area (Å²) in [6, 6.07) is 30.4. The minimum Gasteiger partial charge on any atom is -0.340 e. The number of unbranched alkanes of at least 4 members (excludes halogenated alkanes) is 1. The van der Waals surface area contributed by atoms with Crippen molar-refractivity contribution in [2.45, 2.75) is 89.8 Å². The van der Waals surface area contributed by atoms with E-state index in [4.69, 9.17) is 0 Å². The van der Waals surface area contributed by atoms with Crippen molar-refractivity contribution in [3.63, 3.8) is 0 Å². The molecule has 2 aliphatic rings. The van der Waals surface area contributed by atoms with Crippen LogP contribution in [0.4, 0.5) is 11.4 Å². The first-order valence-corrected chi connectivity index (χ1v) is 19.1. The van der Waals surface area contributed by atoms with E-state index < -0.39 is 12.1 Å². The minimum atomic E-state index is -0.519. The predicted octanol–water partition coefficient (Wildman–Crippen LogP) is 8.06. The Morgan fingerprint density at radius 2 is 1.08 bits per heavy atom. The average molecular weight is 712 g/mol. The Hall–Kier alpha value is -5.44. The Labute approximate surface area is 311 Å². The summed E-state index contributed by atoms with van der Waals surface area (Å²) < 4.78 is 2.26. The molecular formula is C44H49N5O4. The number of hydrogen-bond donors (Lipinski definition) is 2.